The number of carbonyl (C=O) groups excluding carboxylic acids is 1. The highest BCUT2D eigenvalue weighted by Gasteiger charge is 2.19. The van der Waals surface area contributed by atoms with Crippen molar-refractivity contribution in [1.82, 2.24) is 25.2 Å². The van der Waals surface area contributed by atoms with Gasteiger partial charge in [-0.25, -0.2) is 4.98 Å². The molecule has 2 N–H and O–H groups in total. The number of benzene rings is 1. The minimum atomic E-state index is 0.0820. The molecule has 8 nitrogen and oxygen atoms in total. The van der Waals surface area contributed by atoms with E-state index >= 15 is 0 Å². The lowest BCUT2D eigenvalue weighted by atomic mass is 10.1. The van der Waals surface area contributed by atoms with Gasteiger partial charge in [0.1, 0.15) is 11.4 Å². The third-order valence-electron chi connectivity index (χ3n) is 6.33. The average Bonchev–Trinajstić information content (AvgIpc) is 3.43. The highest BCUT2D eigenvalue weighted by molar-refractivity contribution is 5.94. The van der Waals surface area contributed by atoms with Crippen LogP contribution in [-0.2, 0) is 0 Å². The fraction of sp³-hybridized carbons (Fsp3) is 0.385. The molecule has 1 unspecified atom stereocenters. The van der Waals surface area contributed by atoms with Crippen molar-refractivity contribution in [2.45, 2.75) is 38.1 Å². The van der Waals surface area contributed by atoms with Gasteiger partial charge in [-0.05, 0) is 75.0 Å². The second kappa shape index (κ2) is 10.6. The number of hydrogen-bond acceptors (Lipinski definition) is 7. The largest absolute Gasteiger partial charge is 0.437 e. The van der Waals surface area contributed by atoms with E-state index in [0.29, 0.717) is 29.1 Å². The molecule has 3 aromatic rings. The zero-order valence-corrected chi connectivity index (χ0v) is 19.2. The van der Waals surface area contributed by atoms with Gasteiger partial charge in [0.2, 0.25) is 5.88 Å². The first-order chi connectivity index (χ1) is 16.8. The minimum absolute atomic E-state index is 0.0820. The molecule has 2 aliphatic heterocycles. The summed E-state index contributed by atoms with van der Waals surface area (Å²) in [6.07, 6.45) is 10.9. The van der Waals surface area contributed by atoms with Crippen molar-refractivity contribution in [3.8, 4) is 23.0 Å². The number of nitrogens with one attached hydrogen (secondary N) is 2. The van der Waals surface area contributed by atoms with E-state index < -0.39 is 0 Å². The average molecular weight is 459 g/mol. The zero-order chi connectivity index (χ0) is 23.2. The maximum Gasteiger partial charge on any atom is 0.253 e. The van der Waals surface area contributed by atoms with Crippen molar-refractivity contribution in [2.24, 2.45) is 0 Å². The maximum absolute atomic E-state index is 12.8. The molecule has 34 heavy (non-hydrogen) atoms. The number of hydrogen-bond donors (Lipinski definition) is 2. The Bertz CT molecular complexity index is 1090. The van der Waals surface area contributed by atoms with Gasteiger partial charge in [-0.2, -0.15) is 4.98 Å². The third kappa shape index (κ3) is 5.34. The third-order valence-corrected chi connectivity index (χ3v) is 6.33. The van der Waals surface area contributed by atoms with Crippen LogP contribution in [0.5, 0.6) is 11.6 Å². The van der Waals surface area contributed by atoms with Crippen LogP contribution in [0.1, 0.15) is 42.5 Å². The number of nitrogens with zero attached hydrogens (tertiary/aromatic N) is 4. The van der Waals surface area contributed by atoms with Crippen molar-refractivity contribution in [2.75, 3.05) is 31.5 Å². The molecule has 0 spiro atoms. The molecule has 176 valence electrons. The Morgan fingerprint density at radius 1 is 1.09 bits per heavy atom. The van der Waals surface area contributed by atoms with Gasteiger partial charge in [0.15, 0.2) is 5.82 Å². The molecular weight excluding hydrogens is 428 g/mol. The molecule has 0 saturated carbocycles. The number of aromatic nitrogens is 3. The van der Waals surface area contributed by atoms with E-state index in [2.05, 4.69) is 25.6 Å². The van der Waals surface area contributed by atoms with E-state index in [-0.39, 0.29) is 5.91 Å². The fourth-order valence-corrected chi connectivity index (χ4v) is 4.42. The van der Waals surface area contributed by atoms with Crippen LogP contribution >= 0.6 is 0 Å². The Hall–Kier alpha value is -3.52. The van der Waals surface area contributed by atoms with Gasteiger partial charge in [-0.3, -0.25) is 9.78 Å². The van der Waals surface area contributed by atoms with Crippen LogP contribution < -0.4 is 15.4 Å². The standard InChI is InChI=1S/C26H30N6O2/c33-26(32-14-2-1-3-15-32)19-8-10-22(11-9-19)34-25-23(29-17-21-7-5-13-28-21)18-30-24(31-25)20-6-4-12-27-16-20/h4,6,8-12,16,18,21,28-29H,1-3,5,7,13-15,17H2. The molecule has 0 radical (unpaired) electrons. The number of carbonyl (C=O) groups is 1. The second-order valence-corrected chi connectivity index (χ2v) is 8.81. The number of anilines is 1. The lowest BCUT2D eigenvalue weighted by Crippen LogP contribution is -2.35. The summed E-state index contributed by atoms with van der Waals surface area (Å²) in [6, 6.07) is 11.5. The van der Waals surface area contributed by atoms with Crippen LogP contribution in [0.4, 0.5) is 5.69 Å². The minimum Gasteiger partial charge on any atom is -0.437 e. The van der Waals surface area contributed by atoms with Crippen LogP contribution in [0.2, 0.25) is 0 Å². The Balaban J connectivity index is 1.35. The van der Waals surface area contributed by atoms with Gasteiger partial charge in [0.25, 0.3) is 5.91 Å². The second-order valence-electron chi connectivity index (χ2n) is 8.81. The van der Waals surface area contributed by atoms with Crippen LogP contribution in [0, 0.1) is 0 Å². The first-order valence-electron chi connectivity index (χ1n) is 12.1. The van der Waals surface area contributed by atoms with Crippen LogP contribution in [0.15, 0.2) is 55.0 Å². The van der Waals surface area contributed by atoms with Gasteiger partial charge >= 0.3 is 0 Å². The monoisotopic (exact) mass is 458 g/mol. The van der Waals surface area contributed by atoms with Crippen LogP contribution in [0.3, 0.4) is 0 Å². The number of piperidine rings is 1. The van der Waals surface area contributed by atoms with E-state index in [0.717, 1.165) is 56.7 Å². The Morgan fingerprint density at radius 2 is 1.94 bits per heavy atom. The van der Waals surface area contributed by atoms with Gasteiger partial charge in [-0.1, -0.05) is 0 Å². The molecule has 8 heteroatoms. The van der Waals surface area contributed by atoms with Crippen molar-refractivity contribution in [3.05, 3.63) is 60.6 Å². The van der Waals surface area contributed by atoms with E-state index in [1.807, 2.05) is 41.3 Å². The molecule has 5 rings (SSSR count). The fourth-order valence-electron chi connectivity index (χ4n) is 4.42. The Labute approximate surface area is 199 Å². The molecule has 1 amide bonds. The molecule has 4 heterocycles. The summed E-state index contributed by atoms with van der Waals surface area (Å²) in [5.41, 5.74) is 2.23. The predicted molar refractivity (Wildman–Crippen MR) is 131 cm³/mol. The van der Waals surface area contributed by atoms with Crippen molar-refractivity contribution in [1.29, 1.82) is 0 Å². The number of rotatable bonds is 7. The number of amides is 1. The van der Waals surface area contributed by atoms with Gasteiger partial charge in [-0.15, -0.1) is 0 Å². The molecule has 0 aliphatic carbocycles. The van der Waals surface area contributed by atoms with Crippen LogP contribution in [-0.4, -0.2) is 58.0 Å². The summed E-state index contributed by atoms with van der Waals surface area (Å²) in [4.78, 5) is 28.1. The van der Waals surface area contributed by atoms with Crippen molar-refractivity contribution < 1.29 is 9.53 Å². The first-order valence-corrected chi connectivity index (χ1v) is 12.1. The van der Waals surface area contributed by atoms with Crippen molar-refractivity contribution >= 4 is 11.6 Å². The molecule has 2 saturated heterocycles. The highest BCUT2D eigenvalue weighted by Crippen LogP contribution is 2.30. The van der Waals surface area contributed by atoms with Gasteiger partial charge in [0, 0.05) is 49.2 Å². The number of ether oxygens (including phenoxy) is 1. The summed E-state index contributed by atoms with van der Waals surface area (Å²) in [7, 11) is 0. The number of likely N-dealkylation sites (tertiary alicyclic amines) is 1. The molecule has 1 aromatic carbocycles. The Kier molecular flexibility index (Phi) is 6.95. The molecule has 1 atom stereocenters. The molecule has 0 bridgehead atoms. The zero-order valence-electron chi connectivity index (χ0n) is 19.2. The summed E-state index contributed by atoms with van der Waals surface area (Å²) in [5, 5.41) is 6.93. The predicted octanol–water partition coefficient (Wildman–Crippen LogP) is 4.12. The van der Waals surface area contributed by atoms with E-state index in [4.69, 9.17) is 4.74 Å². The van der Waals surface area contributed by atoms with Gasteiger partial charge < -0.3 is 20.3 Å². The summed E-state index contributed by atoms with van der Waals surface area (Å²) >= 11 is 0. The lowest BCUT2D eigenvalue weighted by molar-refractivity contribution is 0.0724. The summed E-state index contributed by atoms with van der Waals surface area (Å²) < 4.78 is 6.19. The molecule has 2 fully saturated rings. The molecular formula is C26H30N6O2. The normalized spacial score (nSPS) is 18.0. The topological polar surface area (TPSA) is 92.3 Å². The Morgan fingerprint density at radius 3 is 2.68 bits per heavy atom. The summed E-state index contributed by atoms with van der Waals surface area (Å²) in [5.74, 6) is 1.69. The SMILES string of the molecule is O=C(c1ccc(Oc2nc(-c3cccnc3)ncc2NCC2CCCN2)cc1)N1CCCCC1. The van der Waals surface area contributed by atoms with Gasteiger partial charge in [0.05, 0.1) is 6.20 Å². The van der Waals surface area contributed by atoms with Crippen LogP contribution in [0.25, 0.3) is 11.4 Å². The quantitative estimate of drug-likeness (QED) is 0.550. The lowest BCUT2D eigenvalue weighted by Gasteiger charge is -2.26. The summed E-state index contributed by atoms with van der Waals surface area (Å²) in [6.45, 7) is 3.49. The maximum atomic E-state index is 12.8. The first kappa shape index (κ1) is 22.3. The smallest absolute Gasteiger partial charge is 0.253 e. The number of pyridine rings is 1. The van der Waals surface area contributed by atoms with E-state index in [9.17, 15) is 4.79 Å². The molecule has 2 aliphatic rings. The van der Waals surface area contributed by atoms with E-state index in [1.54, 1.807) is 18.6 Å². The molecule has 2 aromatic heterocycles. The highest BCUT2D eigenvalue weighted by atomic mass is 16.5. The van der Waals surface area contributed by atoms with Crippen molar-refractivity contribution in [3.63, 3.8) is 0 Å². The van der Waals surface area contributed by atoms with E-state index in [1.165, 1.54) is 12.8 Å².